The van der Waals surface area contributed by atoms with Crippen molar-refractivity contribution in [1.29, 1.82) is 0 Å². The van der Waals surface area contributed by atoms with Gasteiger partial charge in [-0.2, -0.15) is 0 Å². The van der Waals surface area contributed by atoms with Crippen molar-refractivity contribution < 1.29 is 33.2 Å². The number of rotatable bonds is 16. The van der Waals surface area contributed by atoms with Crippen LogP contribution in [0.3, 0.4) is 0 Å². The van der Waals surface area contributed by atoms with Gasteiger partial charge in [0.05, 0.1) is 55.9 Å². The second-order valence-electron chi connectivity index (χ2n) is 6.95. The molecule has 0 saturated carbocycles. The lowest BCUT2D eigenvalue weighted by Gasteiger charge is -2.16. The van der Waals surface area contributed by atoms with Crippen LogP contribution in [0.4, 0.5) is 0 Å². The number of nitrogens with one attached hydrogen (secondary N) is 2. The maximum atomic E-state index is 5.71. The molecule has 184 valence electrons. The second-order valence-corrected chi connectivity index (χ2v) is 6.95. The molecule has 2 rings (SSSR count). The van der Waals surface area contributed by atoms with Gasteiger partial charge in [0.15, 0.2) is 23.0 Å². The first-order chi connectivity index (χ1) is 16.1. The zero-order chi connectivity index (χ0) is 24.1. The van der Waals surface area contributed by atoms with Gasteiger partial charge in [-0.1, -0.05) is 12.1 Å². The lowest BCUT2D eigenvalue weighted by atomic mass is 10.1. The summed E-state index contributed by atoms with van der Waals surface area (Å²) in [5.74, 6) is 3.79. The normalized spacial score (nSPS) is 10.6. The van der Waals surface area contributed by atoms with E-state index in [0.29, 0.717) is 73.9 Å². The van der Waals surface area contributed by atoms with E-state index in [1.807, 2.05) is 24.3 Å². The van der Waals surface area contributed by atoms with Crippen molar-refractivity contribution >= 4 is 0 Å². The third-order valence-electron chi connectivity index (χ3n) is 5.05. The van der Waals surface area contributed by atoms with E-state index in [1.54, 1.807) is 42.7 Å². The molecule has 0 aromatic heterocycles. The Hall–Kier alpha value is -2.88. The molecule has 2 N–H and O–H groups in total. The van der Waals surface area contributed by atoms with Gasteiger partial charge in [0, 0.05) is 37.3 Å². The highest BCUT2D eigenvalue weighted by Gasteiger charge is 2.16. The molecule has 0 aliphatic carbocycles. The van der Waals surface area contributed by atoms with Crippen LogP contribution >= 0.6 is 0 Å². The van der Waals surface area contributed by atoms with Crippen LogP contribution in [0.5, 0.6) is 34.5 Å². The van der Waals surface area contributed by atoms with Crippen molar-refractivity contribution in [1.82, 2.24) is 10.6 Å². The number of ether oxygens (including phenoxy) is 7. The Morgan fingerprint density at radius 2 is 0.909 bits per heavy atom. The van der Waals surface area contributed by atoms with Crippen LogP contribution in [-0.4, -0.2) is 69.0 Å². The summed E-state index contributed by atoms with van der Waals surface area (Å²) >= 11 is 0. The molecule has 2 aromatic rings. The molecule has 33 heavy (non-hydrogen) atoms. The molecule has 0 heterocycles. The smallest absolute Gasteiger partial charge is 0.203 e. The molecule has 0 radical (unpaired) electrons. The van der Waals surface area contributed by atoms with E-state index in [2.05, 4.69) is 10.6 Å². The molecular formula is C24H36N2O7. The van der Waals surface area contributed by atoms with Crippen molar-refractivity contribution in [3.05, 3.63) is 35.4 Å². The molecule has 9 heteroatoms. The SMILES string of the molecule is COc1ccc(CNCCOCCNCc2ccc(OC)c(OC)c2OC)c(OC)c1OC. The summed E-state index contributed by atoms with van der Waals surface area (Å²) in [4.78, 5) is 0. The van der Waals surface area contributed by atoms with Gasteiger partial charge >= 0.3 is 0 Å². The topological polar surface area (TPSA) is 88.7 Å². The lowest BCUT2D eigenvalue weighted by molar-refractivity contribution is 0.137. The maximum Gasteiger partial charge on any atom is 0.203 e. The minimum absolute atomic E-state index is 0.590. The Balaban J connectivity index is 1.69. The van der Waals surface area contributed by atoms with Gasteiger partial charge < -0.3 is 43.8 Å². The molecule has 0 bridgehead atoms. The Kier molecular flexibility index (Phi) is 11.4. The summed E-state index contributed by atoms with van der Waals surface area (Å²) in [6, 6.07) is 7.66. The van der Waals surface area contributed by atoms with Crippen LogP contribution in [0.15, 0.2) is 24.3 Å². The summed E-state index contributed by atoms with van der Waals surface area (Å²) in [5.41, 5.74) is 1.97. The average molecular weight is 465 g/mol. The van der Waals surface area contributed by atoms with E-state index in [-0.39, 0.29) is 0 Å². The first-order valence-corrected chi connectivity index (χ1v) is 10.7. The molecular weight excluding hydrogens is 428 g/mol. The third-order valence-corrected chi connectivity index (χ3v) is 5.05. The monoisotopic (exact) mass is 464 g/mol. The predicted molar refractivity (Wildman–Crippen MR) is 126 cm³/mol. The van der Waals surface area contributed by atoms with Crippen LogP contribution in [0, 0.1) is 0 Å². The van der Waals surface area contributed by atoms with Crippen molar-refractivity contribution in [3.63, 3.8) is 0 Å². The predicted octanol–water partition coefficient (Wildman–Crippen LogP) is 2.63. The molecule has 0 saturated heterocycles. The summed E-state index contributed by atoms with van der Waals surface area (Å²) in [6.45, 7) is 3.87. The lowest BCUT2D eigenvalue weighted by Crippen LogP contribution is -2.23. The van der Waals surface area contributed by atoms with Gasteiger partial charge in [-0.3, -0.25) is 0 Å². The van der Waals surface area contributed by atoms with Crippen LogP contribution in [-0.2, 0) is 17.8 Å². The minimum Gasteiger partial charge on any atom is -0.493 e. The molecule has 2 aromatic carbocycles. The summed E-state index contributed by atoms with van der Waals surface area (Å²) in [6.07, 6.45) is 0. The summed E-state index contributed by atoms with van der Waals surface area (Å²) < 4.78 is 38.2. The highest BCUT2D eigenvalue weighted by molar-refractivity contribution is 5.56. The van der Waals surface area contributed by atoms with E-state index in [0.717, 1.165) is 11.1 Å². The quantitative estimate of drug-likeness (QED) is 0.364. The fraction of sp³-hybridized carbons (Fsp3) is 0.500. The number of methoxy groups -OCH3 is 6. The Morgan fingerprint density at radius 3 is 1.24 bits per heavy atom. The molecule has 0 unspecified atom stereocenters. The Morgan fingerprint density at radius 1 is 0.515 bits per heavy atom. The van der Waals surface area contributed by atoms with E-state index in [1.165, 1.54) is 0 Å². The highest BCUT2D eigenvalue weighted by atomic mass is 16.5. The average Bonchev–Trinajstić information content (AvgIpc) is 2.86. The number of benzene rings is 2. The van der Waals surface area contributed by atoms with Gasteiger partial charge in [0.25, 0.3) is 0 Å². The van der Waals surface area contributed by atoms with Gasteiger partial charge in [-0.15, -0.1) is 0 Å². The summed E-state index contributed by atoms with van der Waals surface area (Å²) in [7, 11) is 9.64. The first-order valence-electron chi connectivity index (χ1n) is 10.7. The van der Waals surface area contributed by atoms with E-state index in [4.69, 9.17) is 33.2 Å². The number of hydrogen-bond acceptors (Lipinski definition) is 9. The molecule has 0 amide bonds. The zero-order valence-corrected chi connectivity index (χ0v) is 20.4. The van der Waals surface area contributed by atoms with Gasteiger partial charge in [0.2, 0.25) is 11.5 Å². The third kappa shape index (κ3) is 7.05. The van der Waals surface area contributed by atoms with Crippen molar-refractivity contribution in [2.45, 2.75) is 13.1 Å². The van der Waals surface area contributed by atoms with Crippen LogP contribution in [0.25, 0.3) is 0 Å². The van der Waals surface area contributed by atoms with E-state index < -0.39 is 0 Å². The molecule has 0 atom stereocenters. The van der Waals surface area contributed by atoms with Crippen LogP contribution < -0.4 is 39.1 Å². The fourth-order valence-corrected chi connectivity index (χ4v) is 3.44. The van der Waals surface area contributed by atoms with Gasteiger partial charge in [-0.25, -0.2) is 0 Å². The van der Waals surface area contributed by atoms with Crippen molar-refractivity contribution in [2.24, 2.45) is 0 Å². The molecule has 0 aliphatic heterocycles. The first kappa shape index (κ1) is 26.4. The van der Waals surface area contributed by atoms with Crippen molar-refractivity contribution in [3.8, 4) is 34.5 Å². The van der Waals surface area contributed by atoms with E-state index >= 15 is 0 Å². The highest BCUT2D eigenvalue weighted by Crippen LogP contribution is 2.40. The molecule has 0 spiro atoms. The zero-order valence-electron chi connectivity index (χ0n) is 20.4. The summed E-state index contributed by atoms with van der Waals surface area (Å²) in [5, 5.41) is 6.71. The molecule has 9 nitrogen and oxygen atoms in total. The molecule has 0 fully saturated rings. The largest absolute Gasteiger partial charge is 0.493 e. The van der Waals surface area contributed by atoms with Gasteiger partial charge in [-0.05, 0) is 12.1 Å². The van der Waals surface area contributed by atoms with Gasteiger partial charge in [0.1, 0.15) is 0 Å². The van der Waals surface area contributed by atoms with E-state index in [9.17, 15) is 0 Å². The second kappa shape index (κ2) is 14.3. The van der Waals surface area contributed by atoms with Crippen molar-refractivity contribution in [2.75, 3.05) is 69.0 Å². The number of hydrogen-bond donors (Lipinski definition) is 2. The Bertz CT molecular complexity index is 792. The Labute approximate surface area is 196 Å². The minimum atomic E-state index is 0.590. The maximum absolute atomic E-state index is 5.71. The van der Waals surface area contributed by atoms with Crippen LogP contribution in [0.1, 0.15) is 11.1 Å². The van der Waals surface area contributed by atoms with Crippen LogP contribution in [0.2, 0.25) is 0 Å². The molecule has 0 aliphatic rings. The fourth-order valence-electron chi connectivity index (χ4n) is 3.44. The standard InChI is InChI=1S/C24H36N2O7/c1-27-19-9-7-17(21(29-3)23(19)31-5)15-25-11-13-33-14-12-26-16-18-8-10-20(28-2)24(32-6)22(18)30-4/h7-10,25-26H,11-16H2,1-6H3.